The van der Waals surface area contributed by atoms with E-state index in [0.29, 0.717) is 5.82 Å². The van der Waals surface area contributed by atoms with E-state index in [1.807, 2.05) is 25.1 Å². The second-order valence-corrected chi connectivity index (χ2v) is 4.73. The molecule has 0 bridgehead atoms. The predicted molar refractivity (Wildman–Crippen MR) is 78.3 cm³/mol. The molecule has 2 atom stereocenters. The van der Waals surface area contributed by atoms with E-state index < -0.39 is 0 Å². The Kier molecular flexibility index (Phi) is 5.10. The number of rotatable bonds is 7. The minimum Gasteiger partial charge on any atom is -0.493 e. The van der Waals surface area contributed by atoms with Crippen LogP contribution in [-0.2, 0) is 0 Å². The van der Waals surface area contributed by atoms with Crippen LogP contribution in [-0.4, -0.2) is 34.8 Å². The summed E-state index contributed by atoms with van der Waals surface area (Å²) in [6.07, 6.45) is 0.928. The minimum atomic E-state index is 0.00166. The summed E-state index contributed by atoms with van der Waals surface area (Å²) in [6.45, 7) is 4.13. The van der Waals surface area contributed by atoms with Gasteiger partial charge in [0, 0.05) is 6.04 Å². The number of methoxy groups -OCH3 is 2. The number of H-pyrrole nitrogens is 1. The number of nitrogens with zero attached hydrogens (tertiary/aromatic N) is 3. The van der Waals surface area contributed by atoms with Crippen molar-refractivity contribution in [1.82, 2.24) is 25.9 Å². The van der Waals surface area contributed by atoms with Gasteiger partial charge in [-0.3, -0.25) is 0 Å². The van der Waals surface area contributed by atoms with E-state index in [9.17, 15) is 0 Å². The zero-order valence-corrected chi connectivity index (χ0v) is 12.8. The molecule has 0 radical (unpaired) electrons. The van der Waals surface area contributed by atoms with Gasteiger partial charge in [-0.05, 0) is 31.0 Å². The molecule has 0 aliphatic carbocycles. The van der Waals surface area contributed by atoms with Gasteiger partial charge in [0.1, 0.15) is 0 Å². The molecule has 2 unspecified atom stereocenters. The summed E-state index contributed by atoms with van der Waals surface area (Å²) in [5, 5.41) is 17.6. The van der Waals surface area contributed by atoms with Crippen molar-refractivity contribution in [3.63, 3.8) is 0 Å². The Labute approximate surface area is 124 Å². The molecule has 0 amide bonds. The number of benzene rings is 1. The molecule has 0 fully saturated rings. The van der Waals surface area contributed by atoms with Gasteiger partial charge in [0.15, 0.2) is 17.3 Å². The lowest BCUT2D eigenvalue weighted by Crippen LogP contribution is -2.25. The fourth-order valence-electron chi connectivity index (χ4n) is 2.25. The van der Waals surface area contributed by atoms with Crippen molar-refractivity contribution in [2.75, 3.05) is 14.2 Å². The summed E-state index contributed by atoms with van der Waals surface area (Å²) in [6, 6.07) is 6.10. The molecule has 0 aliphatic heterocycles. The Bertz CT molecular complexity index is 558. The lowest BCUT2D eigenvalue weighted by molar-refractivity contribution is 0.353. The molecule has 1 aromatic heterocycles. The van der Waals surface area contributed by atoms with Crippen LogP contribution < -0.4 is 14.8 Å². The maximum Gasteiger partial charge on any atom is 0.191 e. The fourth-order valence-corrected chi connectivity index (χ4v) is 2.25. The van der Waals surface area contributed by atoms with Gasteiger partial charge in [0.05, 0.1) is 20.3 Å². The number of ether oxygens (including phenoxy) is 2. The fraction of sp³-hybridized carbons (Fsp3) is 0.500. The highest BCUT2D eigenvalue weighted by Crippen LogP contribution is 2.31. The van der Waals surface area contributed by atoms with E-state index in [4.69, 9.17) is 9.47 Å². The summed E-state index contributed by atoms with van der Waals surface area (Å²) >= 11 is 0. The molecule has 0 spiro atoms. The third kappa shape index (κ3) is 3.49. The molecule has 2 N–H and O–H groups in total. The predicted octanol–water partition coefficient (Wildman–Crippen LogP) is 2.02. The molecule has 1 heterocycles. The van der Waals surface area contributed by atoms with Gasteiger partial charge in [-0.1, -0.05) is 18.2 Å². The van der Waals surface area contributed by atoms with E-state index in [0.717, 1.165) is 23.5 Å². The average Bonchev–Trinajstić information content (AvgIpc) is 3.06. The van der Waals surface area contributed by atoms with Gasteiger partial charge in [0.25, 0.3) is 0 Å². The standard InChI is InChI=1S/C14H21N5O2/c1-5-11(15-9(2)14-16-18-19-17-14)10-6-7-12(20-3)13(8-10)21-4/h6-9,11,15H,5H2,1-4H3,(H,16,17,18,19). The van der Waals surface area contributed by atoms with Crippen molar-refractivity contribution in [2.45, 2.75) is 32.4 Å². The number of aromatic amines is 1. The van der Waals surface area contributed by atoms with Crippen LogP contribution in [0, 0.1) is 0 Å². The number of hydrogen-bond donors (Lipinski definition) is 2. The lowest BCUT2D eigenvalue weighted by Gasteiger charge is -2.21. The summed E-state index contributed by atoms with van der Waals surface area (Å²) in [7, 11) is 3.27. The SMILES string of the molecule is CCC(NC(C)c1nn[nH]n1)c1ccc(OC)c(OC)c1. The molecule has 114 valence electrons. The first kappa shape index (κ1) is 15.2. The second-order valence-electron chi connectivity index (χ2n) is 4.73. The molecule has 0 aliphatic rings. The third-order valence-electron chi connectivity index (χ3n) is 3.42. The van der Waals surface area contributed by atoms with E-state index in [2.05, 4.69) is 32.9 Å². The first-order valence-corrected chi connectivity index (χ1v) is 6.90. The Morgan fingerprint density at radius 2 is 2.00 bits per heavy atom. The van der Waals surface area contributed by atoms with Crippen LogP contribution in [0.5, 0.6) is 11.5 Å². The van der Waals surface area contributed by atoms with Crippen LogP contribution in [0.15, 0.2) is 18.2 Å². The molecule has 0 saturated heterocycles. The normalized spacial score (nSPS) is 13.7. The largest absolute Gasteiger partial charge is 0.493 e. The van der Waals surface area contributed by atoms with Crippen LogP contribution in [0.4, 0.5) is 0 Å². The van der Waals surface area contributed by atoms with Crippen LogP contribution >= 0.6 is 0 Å². The Morgan fingerprint density at radius 3 is 2.57 bits per heavy atom. The lowest BCUT2D eigenvalue weighted by atomic mass is 10.0. The first-order valence-electron chi connectivity index (χ1n) is 6.90. The van der Waals surface area contributed by atoms with Crippen LogP contribution in [0.1, 0.15) is 43.7 Å². The number of nitrogens with one attached hydrogen (secondary N) is 2. The average molecular weight is 291 g/mol. The highest BCUT2D eigenvalue weighted by molar-refractivity contribution is 5.43. The molecular weight excluding hydrogens is 270 g/mol. The number of aromatic nitrogens is 4. The van der Waals surface area contributed by atoms with Crippen LogP contribution in [0.2, 0.25) is 0 Å². The van der Waals surface area contributed by atoms with Gasteiger partial charge >= 0.3 is 0 Å². The summed E-state index contributed by atoms with van der Waals surface area (Å²) in [5.41, 5.74) is 1.13. The molecule has 2 aromatic rings. The number of tetrazole rings is 1. The van der Waals surface area contributed by atoms with Crippen molar-refractivity contribution >= 4 is 0 Å². The highest BCUT2D eigenvalue weighted by atomic mass is 16.5. The summed E-state index contributed by atoms with van der Waals surface area (Å²) in [5.74, 6) is 2.10. The molecule has 7 nitrogen and oxygen atoms in total. The van der Waals surface area contributed by atoms with E-state index in [1.165, 1.54) is 0 Å². The van der Waals surface area contributed by atoms with Crippen LogP contribution in [0.3, 0.4) is 0 Å². The Morgan fingerprint density at radius 1 is 1.24 bits per heavy atom. The highest BCUT2D eigenvalue weighted by Gasteiger charge is 2.18. The Hall–Kier alpha value is -2.15. The first-order chi connectivity index (χ1) is 10.2. The maximum atomic E-state index is 5.36. The van der Waals surface area contributed by atoms with E-state index in [1.54, 1.807) is 14.2 Å². The van der Waals surface area contributed by atoms with Gasteiger partial charge < -0.3 is 14.8 Å². The monoisotopic (exact) mass is 291 g/mol. The van der Waals surface area contributed by atoms with Crippen molar-refractivity contribution in [3.05, 3.63) is 29.6 Å². The molecule has 1 aromatic carbocycles. The van der Waals surface area contributed by atoms with E-state index >= 15 is 0 Å². The molecule has 0 saturated carbocycles. The summed E-state index contributed by atoms with van der Waals surface area (Å²) in [4.78, 5) is 0. The molecule has 7 heteroatoms. The Balaban J connectivity index is 2.17. The van der Waals surface area contributed by atoms with Crippen molar-refractivity contribution < 1.29 is 9.47 Å². The van der Waals surface area contributed by atoms with E-state index in [-0.39, 0.29) is 12.1 Å². The quantitative estimate of drug-likeness (QED) is 0.812. The topological polar surface area (TPSA) is 85.0 Å². The maximum absolute atomic E-state index is 5.36. The minimum absolute atomic E-state index is 0.00166. The van der Waals surface area contributed by atoms with Gasteiger partial charge in [-0.15, -0.1) is 10.2 Å². The van der Waals surface area contributed by atoms with Crippen molar-refractivity contribution in [3.8, 4) is 11.5 Å². The molecule has 21 heavy (non-hydrogen) atoms. The second kappa shape index (κ2) is 7.03. The third-order valence-corrected chi connectivity index (χ3v) is 3.42. The van der Waals surface area contributed by atoms with Gasteiger partial charge in [0.2, 0.25) is 0 Å². The van der Waals surface area contributed by atoms with Crippen molar-refractivity contribution in [1.29, 1.82) is 0 Å². The summed E-state index contributed by atoms with van der Waals surface area (Å²) < 4.78 is 10.6. The zero-order valence-electron chi connectivity index (χ0n) is 12.8. The molecule has 2 rings (SSSR count). The number of hydrogen-bond acceptors (Lipinski definition) is 6. The molecular formula is C14H21N5O2. The van der Waals surface area contributed by atoms with Gasteiger partial charge in [-0.2, -0.15) is 5.21 Å². The van der Waals surface area contributed by atoms with Crippen LogP contribution in [0.25, 0.3) is 0 Å². The zero-order chi connectivity index (χ0) is 15.2. The smallest absolute Gasteiger partial charge is 0.191 e. The van der Waals surface area contributed by atoms with Crippen molar-refractivity contribution in [2.24, 2.45) is 0 Å². The van der Waals surface area contributed by atoms with Gasteiger partial charge in [-0.25, -0.2) is 0 Å².